The number of aryl methyl sites for hydroxylation is 1. The fraction of sp³-hybridized carbons (Fsp3) is 0.409. The summed E-state index contributed by atoms with van der Waals surface area (Å²) >= 11 is 0. The fourth-order valence-corrected chi connectivity index (χ4v) is 3.85. The molecule has 9 nitrogen and oxygen atoms in total. The number of oxazole rings is 1. The average molecular weight is 460 g/mol. The largest absolute Gasteiger partial charge is 0.441 e. The number of hydrogen-bond acceptors (Lipinski definition) is 6. The van der Waals surface area contributed by atoms with E-state index in [1.54, 1.807) is 9.80 Å². The van der Waals surface area contributed by atoms with E-state index in [2.05, 4.69) is 4.98 Å². The van der Waals surface area contributed by atoms with Gasteiger partial charge in [-0.3, -0.25) is 24.1 Å². The van der Waals surface area contributed by atoms with Crippen molar-refractivity contribution in [2.45, 2.75) is 25.7 Å². The van der Waals surface area contributed by atoms with E-state index in [-0.39, 0.29) is 73.1 Å². The number of likely N-dealkylation sites (tertiary alicyclic amines) is 1. The monoisotopic (exact) mass is 460 g/mol. The minimum Gasteiger partial charge on any atom is -0.441 e. The van der Waals surface area contributed by atoms with Crippen LogP contribution in [0.3, 0.4) is 0 Å². The Kier molecular flexibility index (Phi) is 6.47. The number of nitrogens with zero attached hydrogens (tertiary/aromatic N) is 4. The molecule has 1 aromatic heterocycles. The van der Waals surface area contributed by atoms with E-state index in [1.807, 2.05) is 0 Å². The van der Waals surface area contributed by atoms with Crippen LogP contribution in [-0.4, -0.2) is 76.0 Å². The number of carbonyl (C=O) groups is 4. The van der Waals surface area contributed by atoms with E-state index in [1.165, 1.54) is 12.3 Å². The number of hydrogen-bond donors (Lipinski definition) is 0. The Morgan fingerprint density at radius 2 is 1.61 bits per heavy atom. The van der Waals surface area contributed by atoms with E-state index in [9.17, 15) is 28.0 Å². The smallest absolute Gasteiger partial charge is 0.242 e. The van der Waals surface area contributed by atoms with Crippen molar-refractivity contribution in [2.24, 2.45) is 0 Å². The summed E-state index contributed by atoms with van der Waals surface area (Å²) in [5.41, 5.74) is 0.0830. The van der Waals surface area contributed by atoms with Crippen LogP contribution in [0.25, 0.3) is 11.3 Å². The Balaban J connectivity index is 1.24. The summed E-state index contributed by atoms with van der Waals surface area (Å²) in [6.45, 7) is 1.04. The summed E-state index contributed by atoms with van der Waals surface area (Å²) in [7, 11) is 0. The molecule has 174 valence electrons. The Hall–Kier alpha value is -3.63. The number of imide groups is 1. The van der Waals surface area contributed by atoms with Crippen molar-refractivity contribution in [3.63, 3.8) is 0 Å². The molecule has 0 aliphatic carbocycles. The van der Waals surface area contributed by atoms with Gasteiger partial charge in [-0.05, 0) is 12.1 Å². The molecule has 2 aromatic rings. The zero-order valence-corrected chi connectivity index (χ0v) is 17.8. The summed E-state index contributed by atoms with van der Waals surface area (Å²) in [5.74, 6) is -2.17. The third kappa shape index (κ3) is 5.07. The van der Waals surface area contributed by atoms with Crippen LogP contribution in [0.15, 0.2) is 28.8 Å². The highest BCUT2D eigenvalue weighted by atomic mass is 19.1. The first kappa shape index (κ1) is 22.6. The highest BCUT2D eigenvalue weighted by Crippen LogP contribution is 2.24. The number of carbonyl (C=O) groups excluding carboxylic acids is 4. The summed E-state index contributed by atoms with van der Waals surface area (Å²) < 4.78 is 32.5. The quantitative estimate of drug-likeness (QED) is 0.604. The molecule has 0 atom stereocenters. The zero-order valence-electron chi connectivity index (χ0n) is 17.8. The maximum absolute atomic E-state index is 13.9. The molecule has 4 rings (SSSR count). The molecule has 2 aliphatic heterocycles. The fourth-order valence-electron chi connectivity index (χ4n) is 3.85. The first-order chi connectivity index (χ1) is 15.8. The molecule has 4 amide bonds. The average Bonchev–Trinajstić information content (AvgIpc) is 3.39. The van der Waals surface area contributed by atoms with E-state index < -0.39 is 11.6 Å². The molecule has 2 aliphatic rings. The molecule has 0 spiro atoms. The molecule has 0 N–H and O–H groups in total. The van der Waals surface area contributed by atoms with Gasteiger partial charge in [0.1, 0.15) is 18.2 Å². The molecule has 1 aromatic carbocycles. The first-order valence-corrected chi connectivity index (χ1v) is 10.6. The van der Waals surface area contributed by atoms with Gasteiger partial charge in [-0.1, -0.05) is 0 Å². The van der Waals surface area contributed by atoms with Crippen LogP contribution < -0.4 is 0 Å². The second-order valence-electron chi connectivity index (χ2n) is 7.88. The van der Waals surface area contributed by atoms with Crippen molar-refractivity contribution in [2.75, 3.05) is 32.7 Å². The van der Waals surface area contributed by atoms with Crippen molar-refractivity contribution in [1.29, 1.82) is 0 Å². The molecule has 0 unspecified atom stereocenters. The van der Waals surface area contributed by atoms with Crippen molar-refractivity contribution >= 4 is 23.6 Å². The van der Waals surface area contributed by atoms with Gasteiger partial charge in [-0.25, -0.2) is 13.8 Å². The number of halogens is 2. The predicted molar refractivity (Wildman–Crippen MR) is 109 cm³/mol. The normalized spacial score (nSPS) is 16.6. The molecular formula is C22H22F2N4O5. The number of aromatic nitrogens is 1. The van der Waals surface area contributed by atoms with Gasteiger partial charge in [-0.15, -0.1) is 0 Å². The summed E-state index contributed by atoms with van der Waals surface area (Å²) in [6.07, 6.45) is 1.94. The molecule has 2 fully saturated rings. The van der Waals surface area contributed by atoms with Gasteiger partial charge in [0.25, 0.3) is 0 Å². The number of rotatable bonds is 6. The Bertz CT molecular complexity index is 1080. The van der Waals surface area contributed by atoms with Gasteiger partial charge in [-0.2, -0.15) is 0 Å². The van der Waals surface area contributed by atoms with Gasteiger partial charge < -0.3 is 14.2 Å². The standard InChI is InChI=1S/C22H22F2N4O5/c23-14-1-2-15(16(24)11-14)17-12-25-18(33-17)3-4-19(29)26-7-9-27(10-8-26)22(32)13-28-20(30)5-6-21(28)31/h1-2,11-12H,3-10,13H2. The topological polar surface area (TPSA) is 104 Å². The van der Waals surface area contributed by atoms with Crippen molar-refractivity contribution in [3.8, 4) is 11.3 Å². The second kappa shape index (κ2) is 9.47. The minimum atomic E-state index is -0.764. The molecule has 11 heteroatoms. The summed E-state index contributed by atoms with van der Waals surface area (Å²) in [5, 5.41) is 0. The van der Waals surface area contributed by atoms with E-state index in [0.29, 0.717) is 26.2 Å². The highest BCUT2D eigenvalue weighted by Gasteiger charge is 2.33. The third-order valence-electron chi connectivity index (χ3n) is 5.74. The lowest BCUT2D eigenvalue weighted by atomic mass is 10.2. The number of amides is 4. The van der Waals surface area contributed by atoms with Gasteiger partial charge in [0, 0.05) is 57.9 Å². The molecule has 2 saturated heterocycles. The Morgan fingerprint density at radius 1 is 0.970 bits per heavy atom. The summed E-state index contributed by atoms with van der Waals surface area (Å²) in [6, 6.07) is 3.14. The van der Waals surface area contributed by atoms with Gasteiger partial charge in [0.2, 0.25) is 23.6 Å². The van der Waals surface area contributed by atoms with E-state index in [4.69, 9.17) is 4.42 Å². The summed E-state index contributed by atoms with van der Waals surface area (Å²) in [4.78, 5) is 56.5. The van der Waals surface area contributed by atoms with Crippen LogP contribution in [-0.2, 0) is 25.6 Å². The van der Waals surface area contributed by atoms with Crippen LogP contribution in [0.1, 0.15) is 25.2 Å². The number of piperazine rings is 1. The van der Waals surface area contributed by atoms with Crippen LogP contribution in [0, 0.1) is 11.6 Å². The molecular weight excluding hydrogens is 438 g/mol. The van der Waals surface area contributed by atoms with Gasteiger partial charge >= 0.3 is 0 Å². The highest BCUT2D eigenvalue weighted by molar-refractivity contribution is 6.04. The lowest BCUT2D eigenvalue weighted by Gasteiger charge is -2.35. The van der Waals surface area contributed by atoms with Crippen molar-refractivity contribution in [1.82, 2.24) is 19.7 Å². The number of benzene rings is 1. The zero-order chi connectivity index (χ0) is 23.5. The van der Waals surface area contributed by atoms with Crippen LogP contribution >= 0.6 is 0 Å². The Morgan fingerprint density at radius 3 is 2.24 bits per heavy atom. The maximum Gasteiger partial charge on any atom is 0.242 e. The minimum absolute atomic E-state index is 0.0830. The SMILES string of the molecule is O=C(CCc1ncc(-c2ccc(F)cc2F)o1)N1CCN(C(=O)CN2C(=O)CCC2=O)CC1. The maximum atomic E-state index is 13.9. The van der Waals surface area contributed by atoms with Crippen molar-refractivity contribution in [3.05, 3.63) is 41.9 Å². The third-order valence-corrected chi connectivity index (χ3v) is 5.74. The van der Waals surface area contributed by atoms with E-state index >= 15 is 0 Å². The predicted octanol–water partition coefficient (Wildman–Crippen LogP) is 1.37. The molecule has 0 bridgehead atoms. The molecule has 3 heterocycles. The lowest BCUT2D eigenvalue weighted by molar-refractivity contribution is -0.147. The van der Waals surface area contributed by atoms with Gasteiger partial charge in [0.05, 0.1) is 11.8 Å². The lowest BCUT2D eigenvalue weighted by Crippen LogP contribution is -2.53. The first-order valence-electron chi connectivity index (χ1n) is 10.6. The molecule has 0 saturated carbocycles. The van der Waals surface area contributed by atoms with Crippen LogP contribution in [0.2, 0.25) is 0 Å². The van der Waals surface area contributed by atoms with Crippen molar-refractivity contribution < 1.29 is 32.4 Å². The van der Waals surface area contributed by atoms with Crippen LogP contribution in [0.5, 0.6) is 0 Å². The molecule has 33 heavy (non-hydrogen) atoms. The Labute approximate surface area is 187 Å². The van der Waals surface area contributed by atoms with Crippen LogP contribution in [0.4, 0.5) is 8.78 Å². The van der Waals surface area contributed by atoms with E-state index in [0.717, 1.165) is 17.0 Å². The second-order valence-corrected chi connectivity index (χ2v) is 7.88. The molecule has 0 radical (unpaired) electrons. The van der Waals surface area contributed by atoms with Gasteiger partial charge in [0.15, 0.2) is 11.7 Å².